The SMILES string of the molecule is Cc1ccc(NC(=O)CC2(CN)CCCCC2)cc1Br. The number of anilines is 1. The third kappa shape index (κ3) is 3.83. The molecular weight excluding hydrogens is 316 g/mol. The van der Waals surface area contributed by atoms with Crippen LogP contribution in [-0.4, -0.2) is 12.5 Å². The Morgan fingerprint density at radius 1 is 1.35 bits per heavy atom. The average Bonchev–Trinajstić information content (AvgIpc) is 2.44. The van der Waals surface area contributed by atoms with Gasteiger partial charge in [0.15, 0.2) is 0 Å². The van der Waals surface area contributed by atoms with E-state index >= 15 is 0 Å². The summed E-state index contributed by atoms with van der Waals surface area (Å²) in [5, 5.41) is 2.99. The van der Waals surface area contributed by atoms with E-state index < -0.39 is 0 Å². The van der Waals surface area contributed by atoms with Crippen molar-refractivity contribution in [1.82, 2.24) is 0 Å². The number of carbonyl (C=O) groups excluding carboxylic acids is 1. The highest BCUT2D eigenvalue weighted by Gasteiger charge is 2.32. The molecule has 3 nitrogen and oxygen atoms in total. The first-order valence-electron chi connectivity index (χ1n) is 7.31. The van der Waals surface area contributed by atoms with E-state index in [4.69, 9.17) is 5.73 Å². The molecule has 0 aromatic heterocycles. The molecule has 1 amide bonds. The summed E-state index contributed by atoms with van der Waals surface area (Å²) in [4.78, 5) is 12.3. The standard InChI is InChI=1S/C16H23BrN2O/c1-12-5-6-13(9-14(12)17)19-15(20)10-16(11-18)7-3-2-4-8-16/h5-6,9H,2-4,7-8,10-11,18H2,1H3,(H,19,20). The van der Waals surface area contributed by atoms with Crippen LogP contribution in [0.25, 0.3) is 0 Å². The molecule has 110 valence electrons. The topological polar surface area (TPSA) is 55.1 Å². The van der Waals surface area contributed by atoms with Crippen molar-refractivity contribution < 1.29 is 4.79 Å². The summed E-state index contributed by atoms with van der Waals surface area (Å²) in [6, 6.07) is 5.89. The Balaban J connectivity index is 1.98. The van der Waals surface area contributed by atoms with Crippen LogP contribution in [0.5, 0.6) is 0 Å². The summed E-state index contributed by atoms with van der Waals surface area (Å²) >= 11 is 3.49. The molecule has 1 aromatic rings. The molecule has 1 aliphatic rings. The lowest BCUT2D eigenvalue weighted by Crippen LogP contribution is -2.36. The van der Waals surface area contributed by atoms with Gasteiger partial charge in [0.2, 0.25) is 5.91 Å². The normalized spacial score (nSPS) is 17.8. The fourth-order valence-corrected chi connectivity index (χ4v) is 3.35. The quantitative estimate of drug-likeness (QED) is 0.871. The Hall–Kier alpha value is -0.870. The fraction of sp³-hybridized carbons (Fsp3) is 0.562. The second-order valence-corrected chi connectivity index (χ2v) is 6.81. The number of nitrogens with one attached hydrogen (secondary N) is 1. The van der Waals surface area contributed by atoms with Gasteiger partial charge in [0, 0.05) is 16.6 Å². The molecule has 0 unspecified atom stereocenters. The van der Waals surface area contributed by atoms with Gasteiger partial charge in [-0.25, -0.2) is 0 Å². The molecule has 0 aliphatic heterocycles. The molecule has 0 radical (unpaired) electrons. The van der Waals surface area contributed by atoms with Crippen molar-refractivity contribution in [2.75, 3.05) is 11.9 Å². The van der Waals surface area contributed by atoms with E-state index in [0.29, 0.717) is 13.0 Å². The van der Waals surface area contributed by atoms with Crippen LogP contribution in [0, 0.1) is 12.3 Å². The van der Waals surface area contributed by atoms with Gasteiger partial charge >= 0.3 is 0 Å². The first-order chi connectivity index (χ1) is 9.54. The summed E-state index contributed by atoms with van der Waals surface area (Å²) in [6.07, 6.45) is 6.35. The Bertz CT molecular complexity index is 481. The number of carbonyl (C=O) groups is 1. The summed E-state index contributed by atoms with van der Waals surface area (Å²) in [5.41, 5.74) is 7.96. The van der Waals surface area contributed by atoms with Crippen molar-refractivity contribution in [2.24, 2.45) is 11.1 Å². The molecule has 3 N–H and O–H groups in total. The zero-order chi connectivity index (χ0) is 14.6. The molecule has 1 aliphatic carbocycles. The van der Waals surface area contributed by atoms with Crippen LogP contribution in [0.1, 0.15) is 44.1 Å². The van der Waals surface area contributed by atoms with E-state index in [0.717, 1.165) is 28.6 Å². The number of rotatable bonds is 4. The van der Waals surface area contributed by atoms with Gasteiger partial charge < -0.3 is 11.1 Å². The third-order valence-corrected chi connectivity index (χ3v) is 5.19. The molecule has 0 saturated heterocycles. The van der Waals surface area contributed by atoms with E-state index in [1.54, 1.807) is 0 Å². The van der Waals surface area contributed by atoms with Crippen LogP contribution in [0.2, 0.25) is 0 Å². The number of nitrogens with two attached hydrogens (primary N) is 1. The second kappa shape index (κ2) is 6.72. The maximum Gasteiger partial charge on any atom is 0.224 e. The van der Waals surface area contributed by atoms with E-state index in [1.165, 1.54) is 19.3 Å². The van der Waals surface area contributed by atoms with Gasteiger partial charge in [-0.15, -0.1) is 0 Å². The molecule has 1 aromatic carbocycles. The maximum absolute atomic E-state index is 12.3. The molecule has 0 bridgehead atoms. The first kappa shape index (κ1) is 15.5. The van der Waals surface area contributed by atoms with Crippen LogP contribution in [0.3, 0.4) is 0 Å². The van der Waals surface area contributed by atoms with Crippen molar-refractivity contribution in [2.45, 2.75) is 45.4 Å². The van der Waals surface area contributed by atoms with Gasteiger partial charge in [0.25, 0.3) is 0 Å². The molecule has 0 atom stereocenters. The molecule has 20 heavy (non-hydrogen) atoms. The Kier molecular flexibility index (Phi) is 5.22. The molecule has 0 spiro atoms. The summed E-state index contributed by atoms with van der Waals surface area (Å²) in [6.45, 7) is 2.64. The maximum atomic E-state index is 12.3. The van der Waals surface area contributed by atoms with Crippen molar-refractivity contribution in [3.63, 3.8) is 0 Å². The highest BCUT2D eigenvalue weighted by molar-refractivity contribution is 9.10. The van der Waals surface area contributed by atoms with Crippen LogP contribution < -0.4 is 11.1 Å². The lowest BCUT2D eigenvalue weighted by molar-refractivity contribution is -0.118. The summed E-state index contributed by atoms with van der Waals surface area (Å²) < 4.78 is 1.02. The Labute approximate surface area is 129 Å². The van der Waals surface area contributed by atoms with Gasteiger partial charge in [-0.05, 0) is 49.4 Å². The number of aryl methyl sites for hydroxylation is 1. The van der Waals surface area contributed by atoms with Gasteiger partial charge in [0.05, 0.1) is 0 Å². The monoisotopic (exact) mass is 338 g/mol. The molecular formula is C16H23BrN2O. The van der Waals surface area contributed by atoms with Crippen molar-refractivity contribution in [3.05, 3.63) is 28.2 Å². The number of benzene rings is 1. The minimum atomic E-state index is 0.0181. The molecule has 0 heterocycles. The van der Waals surface area contributed by atoms with Crippen molar-refractivity contribution >= 4 is 27.5 Å². The zero-order valence-electron chi connectivity index (χ0n) is 12.0. The van der Waals surface area contributed by atoms with Gasteiger partial charge in [0.1, 0.15) is 0 Å². The van der Waals surface area contributed by atoms with Crippen molar-refractivity contribution in [3.8, 4) is 0 Å². The predicted molar refractivity (Wildman–Crippen MR) is 86.7 cm³/mol. The minimum Gasteiger partial charge on any atom is -0.330 e. The molecule has 2 rings (SSSR count). The predicted octanol–water partition coefficient (Wildman–Crippen LogP) is 4.00. The fourth-order valence-electron chi connectivity index (χ4n) is 2.97. The Morgan fingerprint density at radius 2 is 2.05 bits per heavy atom. The van der Waals surface area contributed by atoms with Crippen LogP contribution in [0.4, 0.5) is 5.69 Å². The van der Waals surface area contributed by atoms with Gasteiger partial charge in [-0.1, -0.05) is 41.3 Å². The Morgan fingerprint density at radius 3 is 2.65 bits per heavy atom. The van der Waals surface area contributed by atoms with Crippen LogP contribution >= 0.6 is 15.9 Å². The molecule has 4 heteroatoms. The summed E-state index contributed by atoms with van der Waals surface area (Å²) in [7, 11) is 0. The lowest BCUT2D eigenvalue weighted by atomic mass is 9.71. The first-order valence-corrected chi connectivity index (χ1v) is 8.10. The highest BCUT2D eigenvalue weighted by Crippen LogP contribution is 2.38. The van der Waals surface area contributed by atoms with Crippen LogP contribution in [-0.2, 0) is 4.79 Å². The minimum absolute atomic E-state index is 0.0181. The van der Waals surface area contributed by atoms with E-state index in [2.05, 4.69) is 21.2 Å². The van der Waals surface area contributed by atoms with Gasteiger partial charge in [-0.2, -0.15) is 0 Å². The van der Waals surface area contributed by atoms with E-state index in [1.807, 2.05) is 25.1 Å². The van der Waals surface area contributed by atoms with Gasteiger partial charge in [-0.3, -0.25) is 4.79 Å². The number of hydrogen-bond acceptors (Lipinski definition) is 2. The highest BCUT2D eigenvalue weighted by atomic mass is 79.9. The smallest absolute Gasteiger partial charge is 0.224 e. The largest absolute Gasteiger partial charge is 0.330 e. The molecule has 1 fully saturated rings. The second-order valence-electron chi connectivity index (χ2n) is 5.95. The zero-order valence-corrected chi connectivity index (χ0v) is 13.6. The third-order valence-electron chi connectivity index (χ3n) is 4.34. The number of halogens is 1. The number of amides is 1. The van der Waals surface area contributed by atoms with E-state index in [9.17, 15) is 4.79 Å². The number of hydrogen-bond donors (Lipinski definition) is 2. The average molecular weight is 339 g/mol. The molecule has 1 saturated carbocycles. The van der Waals surface area contributed by atoms with Crippen LogP contribution in [0.15, 0.2) is 22.7 Å². The lowest BCUT2D eigenvalue weighted by Gasteiger charge is -2.35. The van der Waals surface area contributed by atoms with Crippen molar-refractivity contribution in [1.29, 1.82) is 0 Å². The van der Waals surface area contributed by atoms with E-state index in [-0.39, 0.29) is 11.3 Å². The summed E-state index contributed by atoms with van der Waals surface area (Å²) in [5.74, 6) is 0.0769.